The Hall–Kier alpha value is -1.60. The van der Waals surface area contributed by atoms with Crippen molar-refractivity contribution in [2.45, 2.75) is 20.0 Å². The second kappa shape index (κ2) is 6.66. The number of halogens is 1. The molecular formula is C15H19BrN4O2. The van der Waals surface area contributed by atoms with Crippen molar-refractivity contribution in [3.63, 3.8) is 0 Å². The molecule has 1 amide bonds. The molecule has 0 radical (unpaired) electrons. The summed E-state index contributed by atoms with van der Waals surface area (Å²) in [5.74, 6) is 0.959. The van der Waals surface area contributed by atoms with Gasteiger partial charge >= 0.3 is 0 Å². The van der Waals surface area contributed by atoms with Crippen LogP contribution in [0.15, 0.2) is 33.5 Å². The molecule has 3 heterocycles. The molecule has 0 saturated carbocycles. The first-order chi connectivity index (χ1) is 10.7. The molecule has 1 aliphatic heterocycles. The normalized spacial score (nSPS) is 16.2. The highest BCUT2D eigenvalue weighted by Crippen LogP contribution is 2.18. The molecule has 0 aliphatic carbocycles. The molecule has 2 aromatic heterocycles. The summed E-state index contributed by atoms with van der Waals surface area (Å²) in [6, 6.07) is 3.88. The van der Waals surface area contributed by atoms with E-state index in [1.165, 1.54) is 0 Å². The molecule has 0 bridgehead atoms. The van der Waals surface area contributed by atoms with Crippen LogP contribution in [0.3, 0.4) is 0 Å². The largest absolute Gasteiger partial charge is 0.468 e. The number of carbonyl (C=O) groups excluding carboxylic acids is 1. The van der Waals surface area contributed by atoms with Crippen molar-refractivity contribution in [3.05, 3.63) is 40.5 Å². The average molecular weight is 367 g/mol. The topological polar surface area (TPSA) is 54.5 Å². The molecule has 1 saturated heterocycles. The van der Waals surface area contributed by atoms with Crippen molar-refractivity contribution >= 4 is 21.8 Å². The Morgan fingerprint density at radius 3 is 2.73 bits per heavy atom. The molecule has 0 unspecified atom stereocenters. The Balaban J connectivity index is 1.58. The number of aromatic nitrogens is 2. The lowest BCUT2D eigenvalue weighted by Crippen LogP contribution is -2.48. The van der Waals surface area contributed by atoms with Gasteiger partial charge in [0.1, 0.15) is 5.76 Å². The number of furan rings is 1. The van der Waals surface area contributed by atoms with E-state index in [1.807, 2.05) is 30.2 Å². The molecule has 1 aliphatic rings. The highest BCUT2D eigenvalue weighted by molar-refractivity contribution is 9.10. The lowest BCUT2D eigenvalue weighted by atomic mass is 10.2. The zero-order valence-electron chi connectivity index (χ0n) is 12.5. The first kappa shape index (κ1) is 15.3. The van der Waals surface area contributed by atoms with E-state index < -0.39 is 0 Å². The van der Waals surface area contributed by atoms with Crippen LogP contribution in [0, 0.1) is 0 Å². The maximum absolute atomic E-state index is 12.6. The van der Waals surface area contributed by atoms with Crippen molar-refractivity contribution < 1.29 is 9.21 Å². The van der Waals surface area contributed by atoms with Gasteiger partial charge in [0.2, 0.25) is 0 Å². The lowest BCUT2D eigenvalue weighted by Gasteiger charge is -2.33. The minimum Gasteiger partial charge on any atom is -0.468 e. The van der Waals surface area contributed by atoms with E-state index in [1.54, 1.807) is 10.9 Å². The number of amides is 1. The summed E-state index contributed by atoms with van der Waals surface area (Å²) in [6.07, 6.45) is 3.54. The summed E-state index contributed by atoms with van der Waals surface area (Å²) in [4.78, 5) is 16.7. The number of aryl methyl sites for hydroxylation is 1. The van der Waals surface area contributed by atoms with Gasteiger partial charge in [-0.25, -0.2) is 0 Å². The summed E-state index contributed by atoms with van der Waals surface area (Å²) >= 11 is 3.42. The number of nitrogens with zero attached hydrogens (tertiary/aromatic N) is 4. The highest BCUT2D eigenvalue weighted by Gasteiger charge is 2.25. The van der Waals surface area contributed by atoms with Crippen LogP contribution < -0.4 is 0 Å². The number of carbonyl (C=O) groups is 1. The van der Waals surface area contributed by atoms with Crippen LogP contribution in [0.25, 0.3) is 0 Å². The summed E-state index contributed by atoms with van der Waals surface area (Å²) in [5.41, 5.74) is 0.501. The number of hydrogen-bond donors (Lipinski definition) is 0. The van der Waals surface area contributed by atoms with E-state index in [9.17, 15) is 4.79 Å². The second-order valence-corrected chi connectivity index (χ2v) is 6.18. The van der Waals surface area contributed by atoms with Crippen LogP contribution >= 0.6 is 15.9 Å². The van der Waals surface area contributed by atoms with Crippen LogP contribution in [-0.2, 0) is 13.1 Å². The first-order valence-corrected chi connectivity index (χ1v) is 8.23. The Morgan fingerprint density at radius 1 is 1.36 bits per heavy atom. The predicted octanol–water partition coefficient (Wildman–Crippen LogP) is 2.22. The Kier molecular flexibility index (Phi) is 4.63. The standard InChI is InChI=1S/C15H19BrN4O2/c1-2-20-11-13(16)14(17-20)15(21)19-7-5-18(6-8-19)10-12-4-3-9-22-12/h3-4,9,11H,2,5-8,10H2,1H3. The van der Waals surface area contributed by atoms with Crippen molar-refractivity contribution in [1.82, 2.24) is 19.6 Å². The van der Waals surface area contributed by atoms with Crippen molar-refractivity contribution in [2.75, 3.05) is 26.2 Å². The summed E-state index contributed by atoms with van der Waals surface area (Å²) in [6.45, 7) is 6.67. The van der Waals surface area contributed by atoms with Crippen molar-refractivity contribution in [1.29, 1.82) is 0 Å². The average Bonchev–Trinajstić information content (AvgIpc) is 3.17. The first-order valence-electron chi connectivity index (χ1n) is 7.44. The third-order valence-corrected chi connectivity index (χ3v) is 4.44. The van der Waals surface area contributed by atoms with E-state index in [0.717, 1.165) is 36.4 Å². The van der Waals surface area contributed by atoms with E-state index in [2.05, 4.69) is 25.9 Å². The quantitative estimate of drug-likeness (QED) is 0.832. The molecule has 7 heteroatoms. The van der Waals surface area contributed by atoms with Gasteiger partial charge in [-0.1, -0.05) is 0 Å². The van der Waals surface area contributed by atoms with Crippen LogP contribution in [0.4, 0.5) is 0 Å². The second-order valence-electron chi connectivity index (χ2n) is 5.33. The zero-order valence-corrected chi connectivity index (χ0v) is 14.1. The van der Waals surface area contributed by atoms with Gasteiger partial charge in [0.25, 0.3) is 5.91 Å². The van der Waals surface area contributed by atoms with Crippen LogP contribution in [0.5, 0.6) is 0 Å². The third kappa shape index (κ3) is 3.25. The smallest absolute Gasteiger partial charge is 0.275 e. The Bertz CT molecular complexity index is 630. The molecule has 6 nitrogen and oxygen atoms in total. The minimum atomic E-state index is -0.00303. The van der Waals surface area contributed by atoms with Gasteiger partial charge < -0.3 is 9.32 Å². The maximum atomic E-state index is 12.6. The van der Waals surface area contributed by atoms with E-state index in [4.69, 9.17) is 4.42 Å². The molecule has 0 N–H and O–H groups in total. The fourth-order valence-electron chi connectivity index (χ4n) is 2.59. The van der Waals surface area contributed by atoms with Gasteiger partial charge in [0.15, 0.2) is 5.69 Å². The molecule has 0 spiro atoms. The molecule has 2 aromatic rings. The summed E-state index contributed by atoms with van der Waals surface area (Å²) in [7, 11) is 0. The van der Waals surface area contributed by atoms with Gasteiger partial charge in [-0.2, -0.15) is 5.10 Å². The SMILES string of the molecule is CCn1cc(Br)c(C(=O)N2CCN(Cc3ccco3)CC2)n1. The van der Waals surface area contributed by atoms with Crippen LogP contribution in [0.2, 0.25) is 0 Å². The van der Waals surface area contributed by atoms with E-state index in [-0.39, 0.29) is 5.91 Å². The minimum absolute atomic E-state index is 0.00303. The van der Waals surface area contributed by atoms with Crippen LogP contribution in [-0.4, -0.2) is 51.7 Å². The Morgan fingerprint density at radius 2 is 2.14 bits per heavy atom. The van der Waals surface area contributed by atoms with Crippen molar-refractivity contribution in [3.8, 4) is 0 Å². The monoisotopic (exact) mass is 366 g/mol. The third-order valence-electron chi connectivity index (χ3n) is 3.86. The summed E-state index contributed by atoms with van der Waals surface area (Å²) in [5, 5.41) is 4.33. The van der Waals surface area contributed by atoms with E-state index >= 15 is 0 Å². The van der Waals surface area contributed by atoms with E-state index in [0.29, 0.717) is 18.8 Å². The lowest BCUT2D eigenvalue weighted by molar-refractivity contribution is 0.0613. The molecule has 3 rings (SSSR count). The molecule has 0 aromatic carbocycles. The predicted molar refractivity (Wildman–Crippen MR) is 85.5 cm³/mol. The summed E-state index contributed by atoms with van der Waals surface area (Å²) < 4.78 is 7.90. The molecule has 0 atom stereocenters. The van der Waals surface area contributed by atoms with Crippen molar-refractivity contribution in [2.24, 2.45) is 0 Å². The fourth-order valence-corrected chi connectivity index (χ4v) is 3.07. The molecule has 22 heavy (non-hydrogen) atoms. The number of hydrogen-bond acceptors (Lipinski definition) is 4. The maximum Gasteiger partial charge on any atom is 0.275 e. The van der Waals surface area contributed by atoms with Gasteiger partial charge in [0.05, 0.1) is 17.3 Å². The van der Waals surface area contributed by atoms with Crippen LogP contribution in [0.1, 0.15) is 23.2 Å². The van der Waals surface area contributed by atoms with Gasteiger partial charge in [-0.05, 0) is 35.0 Å². The zero-order chi connectivity index (χ0) is 15.5. The fraction of sp³-hybridized carbons (Fsp3) is 0.467. The number of rotatable bonds is 4. The molecular weight excluding hydrogens is 348 g/mol. The molecule has 118 valence electrons. The van der Waals surface area contributed by atoms with Gasteiger partial charge in [-0.3, -0.25) is 14.4 Å². The number of piperazine rings is 1. The van der Waals surface area contributed by atoms with Gasteiger partial charge in [0, 0.05) is 38.9 Å². The molecule has 1 fully saturated rings. The van der Waals surface area contributed by atoms with Gasteiger partial charge in [-0.15, -0.1) is 0 Å². The Labute approximate surface area is 137 Å². The highest BCUT2D eigenvalue weighted by atomic mass is 79.9.